The maximum Gasteiger partial charge on any atom is 0.280 e. The van der Waals surface area contributed by atoms with Gasteiger partial charge in [0.25, 0.3) is 5.91 Å². The smallest absolute Gasteiger partial charge is 0.280 e. The molecule has 3 aromatic carbocycles. The van der Waals surface area contributed by atoms with Gasteiger partial charge >= 0.3 is 0 Å². The summed E-state index contributed by atoms with van der Waals surface area (Å²) in [5.41, 5.74) is 2.64. The van der Waals surface area contributed by atoms with Crippen molar-refractivity contribution in [2.45, 2.75) is 27.4 Å². The molecule has 1 aliphatic rings. The van der Waals surface area contributed by atoms with Crippen LogP contribution in [0, 0.1) is 42.9 Å². The number of ether oxygens (including phenoxy) is 1. The fourth-order valence-electron chi connectivity index (χ4n) is 4.53. The lowest BCUT2D eigenvalue weighted by molar-refractivity contribution is -0.114. The topological polar surface area (TPSA) is 46.8 Å². The molecule has 5 nitrogen and oxygen atoms in total. The van der Waals surface area contributed by atoms with Crippen molar-refractivity contribution in [2.75, 3.05) is 5.01 Å². The van der Waals surface area contributed by atoms with Crippen molar-refractivity contribution in [3.63, 3.8) is 0 Å². The van der Waals surface area contributed by atoms with Crippen LogP contribution in [0.2, 0.25) is 0 Å². The summed E-state index contributed by atoms with van der Waals surface area (Å²) in [6, 6.07) is 19.0. The Morgan fingerprint density at radius 2 is 1.43 bits per heavy atom. The number of halogens is 5. The molecule has 0 saturated heterocycles. The molecule has 5 rings (SSSR count). The molecule has 1 aliphatic heterocycles. The number of aromatic nitrogens is 1. The Kier molecular flexibility index (Phi) is 7.01. The van der Waals surface area contributed by atoms with Gasteiger partial charge in [0, 0.05) is 17.1 Å². The molecule has 4 aromatic rings. The van der Waals surface area contributed by atoms with E-state index in [0.717, 1.165) is 22.6 Å². The summed E-state index contributed by atoms with van der Waals surface area (Å²) < 4.78 is 77.5. The van der Waals surface area contributed by atoms with Crippen molar-refractivity contribution in [2.24, 2.45) is 5.10 Å². The molecular weight excluding hydrogens is 529 g/mol. The average Bonchev–Trinajstić information content (AvgIpc) is 3.39. The summed E-state index contributed by atoms with van der Waals surface area (Å²) in [6.07, 6.45) is 1.48. The Balaban J connectivity index is 1.42. The maximum atomic E-state index is 14.4. The molecule has 0 bridgehead atoms. The molecule has 1 aromatic heterocycles. The second-order valence-electron chi connectivity index (χ2n) is 9.21. The summed E-state index contributed by atoms with van der Waals surface area (Å²) in [6.45, 7) is 5.53. The van der Waals surface area contributed by atoms with Crippen LogP contribution in [0.4, 0.5) is 27.6 Å². The number of amides is 1. The van der Waals surface area contributed by atoms with Gasteiger partial charge in [-0.05, 0) is 68.3 Å². The quantitative estimate of drug-likeness (QED) is 0.110. The van der Waals surface area contributed by atoms with Crippen molar-refractivity contribution in [1.82, 2.24) is 4.57 Å². The lowest BCUT2D eigenvalue weighted by atomic mass is 10.1. The molecule has 40 heavy (non-hydrogen) atoms. The minimum absolute atomic E-state index is 0.0474. The highest BCUT2D eigenvalue weighted by atomic mass is 19.2. The van der Waals surface area contributed by atoms with Gasteiger partial charge in [0.2, 0.25) is 5.82 Å². The number of aryl methyl sites for hydroxylation is 1. The third-order valence-corrected chi connectivity index (χ3v) is 6.57. The van der Waals surface area contributed by atoms with E-state index in [1.807, 2.05) is 79.1 Å². The number of hydrogen-bond donors (Lipinski definition) is 0. The number of rotatable bonds is 6. The highest BCUT2D eigenvalue weighted by molar-refractivity contribution is 6.32. The van der Waals surface area contributed by atoms with E-state index in [-0.39, 0.29) is 16.3 Å². The largest absolute Gasteiger partial charge is 0.489 e. The summed E-state index contributed by atoms with van der Waals surface area (Å²) in [5, 5.41) is 3.99. The number of anilines is 1. The Hall–Kier alpha value is -4.73. The minimum atomic E-state index is -2.31. The van der Waals surface area contributed by atoms with E-state index >= 15 is 0 Å². The van der Waals surface area contributed by atoms with Gasteiger partial charge in [-0.25, -0.2) is 22.0 Å². The van der Waals surface area contributed by atoms with Gasteiger partial charge in [0.15, 0.2) is 23.3 Å². The highest BCUT2D eigenvalue weighted by Gasteiger charge is 2.37. The molecule has 0 aliphatic carbocycles. The van der Waals surface area contributed by atoms with Gasteiger partial charge in [0.05, 0.1) is 11.3 Å². The zero-order valence-electron chi connectivity index (χ0n) is 21.6. The molecule has 10 heteroatoms. The highest BCUT2D eigenvalue weighted by Crippen LogP contribution is 2.34. The van der Waals surface area contributed by atoms with Crippen molar-refractivity contribution in [3.05, 3.63) is 118 Å². The second-order valence-corrected chi connectivity index (χ2v) is 9.21. The van der Waals surface area contributed by atoms with E-state index in [0.29, 0.717) is 17.9 Å². The van der Waals surface area contributed by atoms with Crippen LogP contribution in [0.1, 0.15) is 29.4 Å². The number of nitrogens with zero attached hydrogens (tertiary/aromatic N) is 3. The van der Waals surface area contributed by atoms with Crippen LogP contribution in [-0.2, 0) is 11.4 Å². The predicted molar refractivity (Wildman–Crippen MR) is 141 cm³/mol. The number of carbonyl (C=O) groups is 1. The first-order chi connectivity index (χ1) is 19.1. The fourth-order valence-corrected chi connectivity index (χ4v) is 4.53. The molecule has 1 amide bonds. The second kappa shape index (κ2) is 10.4. The fraction of sp³-hybridized carbons (Fsp3) is 0.133. The van der Waals surface area contributed by atoms with Crippen LogP contribution < -0.4 is 9.75 Å². The van der Waals surface area contributed by atoms with E-state index in [9.17, 15) is 26.7 Å². The zero-order chi connectivity index (χ0) is 28.7. The SMILES string of the molecule is CC1=NN(c2c(F)c(F)c(F)c(F)c2F)C(=O)/C1=C\c1cc(C)n(-c2ccc(OCc3ccccc3)cc2)c1C. The molecular formula is C30H22F5N3O2. The lowest BCUT2D eigenvalue weighted by Crippen LogP contribution is -2.25. The molecule has 0 fully saturated rings. The van der Waals surface area contributed by atoms with Crippen molar-refractivity contribution in [3.8, 4) is 11.4 Å². The van der Waals surface area contributed by atoms with E-state index < -0.39 is 40.7 Å². The van der Waals surface area contributed by atoms with E-state index in [1.165, 1.54) is 13.0 Å². The molecule has 0 saturated carbocycles. The van der Waals surface area contributed by atoms with Crippen LogP contribution in [0.3, 0.4) is 0 Å². The summed E-state index contributed by atoms with van der Waals surface area (Å²) >= 11 is 0. The maximum absolute atomic E-state index is 14.4. The van der Waals surface area contributed by atoms with Crippen LogP contribution in [0.25, 0.3) is 11.8 Å². The third-order valence-electron chi connectivity index (χ3n) is 6.57. The first kappa shape index (κ1) is 26.9. The van der Waals surface area contributed by atoms with Crippen molar-refractivity contribution in [1.29, 1.82) is 0 Å². The molecule has 204 valence electrons. The number of carbonyl (C=O) groups excluding carboxylic acids is 1. The van der Waals surface area contributed by atoms with Crippen LogP contribution in [0.15, 0.2) is 71.3 Å². The lowest BCUT2D eigenvalue weighted by Gasteiger charge is -2.15. The van der Waals surface area contributed by atoms with Crippen LogP contribution >= 0.6 is 0 Å². The Labute approximate surface area is 226 Å². The van der Waals surface area contributed by atoms with Gasteiger partial charge < -0.3 is 9.30 Å². The minimum Gasteiger partial charge on any atom is -0.489 e. The number of hydrazone groups is 1. The van der Waals surface area contributed by atoms with E-state index in [2.05, 4.69) is 5.10 Å². The van der Waals surface area contributed by atoms with Crippen LogP contribution in [0.5, 0.6) is 5.75 Å². The molecule has 0 N–H and O–H groups in total. The van der Waals surface area contributed by atoms with E-state index in [1.54, 1.807) is 0 Å². The predicted octanol–water partition coefficient (Wildman–Crippen LogP) is 7.17. The van der Waals surface area contributed by atoms with Gasteiger partial charge in [-0.1, -0.05) is 30.3 Å². The Bertz CT molecular complexity index is 1660. The number of benzene rings is 3. The monoisotopic (exact) mass is 551 g/mol. The normalized spacial score (nSPS) is 14.3. The first-order valence-electron chi connectivity index (χ1n) is 12.2. The van der Waals surface area contributed by atoms with Crippen LogP contribution in [-0.4, -0.2) is 16.2 Å². The van der Waals surface area contributed by atoms with Gasteiger partial charge in [-0.3, -0.25) is 4.79 Å². The zero-order valence-corrected chi connectivity index (χ0v) is 21.6. The number of hydrogen-bond acceptors (Lipinski definition) is 3. The standard InChI is InChI=1S/C30H22F5N3O2/c1-16-13-20(18(3)37(16)21-9-11-22(12-10-21)40-15-19-7-5-4-6-8-19)14-23-17(2)36-38(30(23)39)29-27(34)25(32)24(31)26(33)28(29)35/h4-14H,15H2,1-3H3/b23-14-. The summed E-state index contributed by atoms with van der Waals surface area (Å²) in [4.78, 5) is 13.1. The van der Waals surface area contributed by atoms with E-state index in [4.69, 9.17) is 4.74 Å². The van der Waals surface area contributed by atoms with Gasteiger partial charge in [-0.15, -0.1) is 0 Å². The van der Waals surface area contributed by atoms with Gasteiger partial charge in [-0.2, -0.15) is 10.1 Å². The van der Waals surface area contributed by atoms with Gasteiger partial charge in [0.1, 0.15) is 18.0 Å². The Morgan fingerprint density at radius 3 is 2.05 bits per heavy atom. The molecule has 0 spiro atoms. The molecule has 2 heterocycles. The third kappa shape index (κ3) is 4.66. The summed E-state index contributed by atoms with van der Waals surface area (Å²) in [5.74, 6) is -11.3. The molecule has 0 atom stereocenters. The average molecular weight is 552 g/mol. The Morgan fingerprint density at radius 1 is 0.825 bits per heavy atom. The van der Waals surface area contributed by atoms with Crippen molar-refractivity contribution < 1.29 is 31.5 Å². The molecule has 0 radical (unpaired) electrons. The molecule has 0 unspecified atom stereocenters. The van der Waals surface area contributed by atoms with Crippen molar-refractivity contribution >= 4 is 23.4 Å². The summed E-state index contributed by atoms with van der Waals surface area (Å²) in [7, 11) is 0. The first-order valence-corrected chi connectivity index (χ1v) is 12.2.